The van der Waals surface area contributed by atoms with Gasteiger partial charge in [-0.1, -0.05) is 47.6 Å². The lowest BCUT2D eigenvalue weighted by molar-refractivity contribution is -0.0855. The summed E-state index contributed by atoms with van der Waals surface area (Å²) in [6, 6.07) is 0. The highest BCUT2D eigenvalue weighted by molar-refractivity contribution is 6.74. The van der Waals surface area contributed by atoms with Crippen LogP contribution in [0.4, 0.5) is 0 Å². The van der Waals surface area contributed by atoms with E-state index in [9.17, 15) is 5.11 Å². The summed E-state index contributed by atoms with van der Waals surface area (Å²) in [5.74, 6) is 2.52. The second kappa shape index (κ2) is 10.6. The third-order valence-corrected chi connectivity index (χ3v) is 15.2. The molecule has 0 saturated heterocycles. The van der Waals surface area contributed by atoms with E-state index in [1.165, 1.54) is 0 Å². The Labute approximate surface area is 176 Å². The van der Waals surface area contributed by atoms with Gasteiger partial charge in [0.05, 0.1) is 25.4 Å². The minimum absolute atomic E-state index is 0.0430. The largest absolute Gasteiger partial charge is 0.414 e. The molecular weight excluding hydrogens is 384 g/mol. The smallest absolute Gasteiger partial charge is 0.193 e. The predicted molar refractivity (Wildman–Crippen MR) is 125 cm³/mol. The van der Waals surface area contributed by atoms with Crippen LogP contribution >= 0.6 is 0 Å². The van der Waals surface area contributed by atoms with Gasteiger partial charge in [-0.3, -0.25) is 0 Å². The fourth-order valence-electron chi connectivity index (χ4n) is 2.13. The molecule has 0 aliphatic heterocycles. The van der Waals surface area contributed by atoms with Crippen molar-refractivity contribution in [1.29, 1.82) is 0 Å². The second-order valence-corrected chi connectivity index (χ2v) is 20.1. The van der Waals surface area contributed by atoms with Gasteiger partial charge in [-0.2, -0.15) is 0 Å². The van der Waals surface area contributed by atoms with Gasteiger partial charge in [0, 0.05) is 6.42 Å². The van der Waals surface area contributed by atoms with E-state index in [2.05, 4.69) is 80.2 Å². The molecule has 0 rings (SSSR count). The number of ether oxygens (including phenoxy) is 1. The molecule has 164 valence electrons. The fourth-order valence-corrected chi connectivity index (χ4v) is 4.42. The first-order valence-corrected chi connectivity index (χ1v) is 16.0. The van der Waals surface area contributed by atoms with Crippen LogP contribution in [0.5, 0.6) is 0 Å². The summed E-state index contributed by atoms with van der Waals surface area (Å²) < 4.78 is 18.7. The SMILES string of the molecule is C#CC[C@@H](O)[C@H](OCCO[Si](C)(C)C(C)(C)C)[C@@H](C=C)O[Si](C)(C)C(C)(C)C. The Kier molecular flexibility index (Phi) is 10.4. The predicted octanol–water partition coefficient (Wildman–Crippen LogP) is 5.35. The summed E-state index contributed by atoms with van der Waals surface area (Å²) in [5.41, 5.74) is 0. The second-order valence-electron chi connectivity index (χ2n) is 10.5. The molecule has 0 fully saturated rings. The van der Waals surface area contributed by atoms with E-state index in [0.717, 1.165) is 0 Å². The van der Waals surface area contributed by atoms with Crippen molar-refractivity contribution in [3.63, 3.8) is 0 Å². The quantitative estimate of drug-likeness (QED) is 0.208. The average Bonchev–Trinajstić information content (AvgIpc) is 2.51. The fraction of sp³-hybridized carbons (Fsp3) is 0.818. The van der Waals surface area contributed by atoms with Crippen LogP contribution in [0.2, 0.25) is 36.3 Å². The Morgan fingerprint density at radius 1 is 1.00 bits per heavy atom. The molecule has 28 heavy (non-hydrogen) atoms. The molecule has 0 aromatic carbocycles. The number of rotatable bonds is 11. The first kappa shape index (κ1) is 27.6. The van der Waals surface area contributed by atoms with Gasteiger partial charge in [0.1, 0.15) is 6.10 Å². The maximum absolute atomic E-state index is 10.6. The first-order valence-electron chi connectivity index (χ1n) is 10.2. The van der Waals surface area contributed by atoms with E-state index < -0.39 is 34.9 Å². The molecule has 0 spiro atoms. The van der Waals surface area contributed by atoms with Crippen LogP contribution in [-0.4, -0.2) is 53.3 Å². The van der Waals surface area contributed by atoms with Crippen LogP contribution in [0, 0.1) is 12.3 Å². The molecule has 0 radical (unpaired) electrons. The molecule has 0 aromatic rings. The first-order chi connectivity index (χ1) is 12.5. The summed E-state index contributed by atoms with van der Waals surface area (Å²) in [4.78, 5) is 0. The summed E-state index contributed by atoms with van der Waals surface area (Å²) in [5, 5.41) is 10.8. The van der Waals surface area contributed by atoms with Crippen LogP contribution in [-0.2, 0) is 13.6 Å². The Hall–Kier alpha value is -0.426. The lowest BCUT2D eigenvalue weighted by Gasteiger charge is -2.41. The molecule has 0 bridgehead atoms. The minimum atomic E-state index is -2.06. The van der Waals surface area contributed by atoms with Crippen LogP contribution in [0.1, 0.15) is 48.0 Å². The van der Waals surface area contributed by atoms with E-state index in [-0.39, 0.29) is 16.5 Å². The Morgan fingerprint density at radius 2 is 1.50 bits per heavy atom. The van der Waals surface area contributed by atoms with Crippen molar-refractivity contribution in [2.45, 2.75) is 103 Å². The van der Waals surface area contributed by atoms with E-state index >= 15 is 0 Å². The number of aliphatic hydroxyl groups excluding tert-OH is 1. The molecular formula is C22H44O4Si2. The van der Waals surface area contributed by atoms with E-state index in [0.29, 0.717) is 13.2 Å². The molecule has 0 aliphatic rings. The molecule has 0 heterocycles. The number of terminal acetylenes is 1. The molecule has 3 atom stereocenters. The number of hydrogen-bond acceptors (Lipinski definition) is 4. The van der Waals surface area contributed by atoms with Gasteiger partial charge in [0.15, 0.2) is 16.6 Å². The van der Waals surface area contributed by atoms with Gasteiger partial charge in [0.2, 0.25) is 0 Å². The van der Waals surface area contributed by atoms with Gasteiger partial charge in [-0.15, -0.1) is 18.9 Å². The van der Waals surface area contributed by atoms with Crippen LogP contribution in [0.15, 0.2) is 12.7 Å². The lowest BCUT2D eigenvalue weighted by Crippen LogP contribution is -2.50. The Balaban J connectivity index is 5.18. The summed E-state index contributed by atoms with van der Waals surface area (Å²) in [6.07, 6.45) is 5.55. The molecule has 0 aromatic heterocycles. The highest BCUT2D eigenvalue weighted by atomic mass is 28.4. The molecule has 6 heteroatoms. The van der Waals surface area contributed by atoms with Gasteiger partial charge in [-0.05, 0) is 36.3 Å². The molecule has 0 unspecified atom stereocenters. The zero-order valence-electron chi connectivity index (χ0n) is 19.9. The summed E-state index contributed by atoms with van der Waals surface area (Å²) in [7, 11) is -3.90. The van der Waals surface area contributed by atoms with E-state index in [1.54, 1.807) is 6.08 Å². The van der Waals surface area contributed by atoms with Crippen molar-refractivity contribution < 1.29 is 18.7 Å². The van der Waals surface area contributed by atoms with Crippen molar-refractivity contribution in [2.24, 2.45) is 0 Å². The number of hydrogen-bond donors (Lipinski definition) is 1. The number of aliphatic hydroxyl groups is 1. The molecule has 0 saturated carbocycles. The Morgan fingerprint density at radius 3 is 1.89 bits per heavy atom. The molecule has 4 nitrogen and oxygen atoms in total. The third kappa shape index (κ3) is 8.13. The summed E-state index contributed by atoms with van der Waals surface area (Å²) >= 11 is 0. The van der Waals surface area contributed by atoms with Gasteiger partial charge in [0.25, 0.3) is 0 Å². The maximum atomic E-state index is 10.6. The van der Waals surface area contributed by atoms with Gasteiger partial charge in [-0.25, -0.2) is 0 Å². The van der Waals surface area contributed by atoms with Gasteiger partial charge < -0.3 is 18.7 Å². The highest BCUT2D eigenvalue weighted by Gasteiger charge is 2.42. The molecule has 0 amide bonds. The van der Waals surface area contributed by atoms with Crippen LogP contribution in [0.25, 0.3) is 0 Å². The zero-order chi connectivity index (χ0) is 22.4. The van der Waals surface area contributed by atoms with Crippen LogP contribution in [0.3, 0.4) is 0 Å². The Bertz CT molecular complexity index is 524. The normalized spacial score (nSPS) is 16.9. The average molecular weight is 429 g/mol. The third-order valence-electron chi connectivity index (χ3n) is 6.16. The van der Waals surface area contributed by atoms with Crippen molar-refractivity contribution in [3.8, 4) is 12.3 Å². The minimum Gasteiger partial charge on any atom is -0.414 e. The van der Waals surface area contributed by atoms with Crippen molar-refractivity contribution >= 4 is 16.6 Å². The van der Waals surface area contributed by atoms with E-state index in [4.69, 9.17) is 20.0 Å². The van der Waals surface area contributed by atoms with E-state index in [1.807, 2.05) is 0 Å². The molecule has 0 aliphatic carbocycles. The summed E-state index contributed by atoms with van der Waals surface area (Å²) in [6.45, 7) is 26.7. The van der Waals surface area contributed by atoms with Crippen molar-refractivity contribution in [3.05, 3.63) is 12.7 Å². The topological polar surface area (TPSA) is 47.9 Å². The monoisotopic (exact) mass is 428 g/mol. The maximum Gasteiger partial charge on any atom is 0.193 e. The molecule has 1 N–H and O–H groups in total. The lowest BCUT2D eigenvalue weighted by atomic mass is 10.1. The highest BCUT2D eigenvalue weighted by Crippen LogP contribution is 2.38. The van der Waals surface area contributed by atoms with Crippen molar-refractivity contribution in [2.75, 3.05) is 13.2 Å². The van der Waals surface area contributed by atoms with Gasteiger partial charge >= 0.3 is 0 Å². The zero-order valence-corrected chi connectivity index (χ0v) is 21.9. The van der Waals surface area contributed by atoms with Crippen LogP contribution < -0.4 is 0 Å². The van der Waals surface area contributed by atoms with Crippen molar-refractivity contribution in [1.82, 2.24) is 0 Å². The standard InChI is InChI=1S/C22H44O4Si2/c1-13-15-18(23)20(19(14-2)26-28(11,12)22(6,7)8)24-16-17-25-27(9,10)21(3,4)5/h1,14,18-20,23H,2,15-17H2,3-12H3/t18-,19-,20+/m1/s1.